The van der Waals surface area contributed by atoms with E-state index in [1.807, 2.05) is 6.92 Å². The number of fused-ring (bicyclic) bond motifs is 1. The van der Waals surface area contributed by atoms with Gasteiger partial charge in [-0.1, -0.05) is 19.1 Å². The van der Waals surface area contributed by atoms with Crippen molar-refractivity contribution in [2.45, 2.75) is 38.5 Å². The van der Waals surface area contributed by atoms with Crippen molar-refractivity contribution >= 4 is 5.97 Å². The number of hydrogen-bond donors (Lipinski definition) is 2. The first-order valence-corrected chi connectivity index (χ1v) is 6.08. The highest BCUT2D eigenvalue weighted by Gasteiger charge is 2.32. The van der Waals surface area contributed by atoms with E-state index in [1.165, 1.54) is 12.1 Å². The van der Waals surface area contributed by atoms with Gasteiger partial charge < -0.3 is 9.84 Å². The monoisotopic (exact) mass is 271 g/mol. The van der Waals surface area contributed by atoms with Crippen LogP contribution in [0.4, 0.5) is 8.78 Å². The van der Waals surface area contributed by atoms with Crippen LogP contribution < -0.4 is 10.1 Å². The van der Waals surface area contributed by atoms with Crippen LogP contribution in [0.2, 0.25) is 0 Å². The Hall–Kier alpha value is -1.69. The fourth-order valence-corrected chi connectivity index (χ4v) is 2.38. The summed E-state index contributed by atoms with van der Waals surface area (Å²) >= 11 is 0. The first-order valence-electron chi connectivity index (χ1n) is 6.08. The second kappa shape index (κ2) is 5.52. The Morgan fingerprint density at radius 1 is 1.58 bits per heavy atom. The van der Waals surface area contributed by atoms with Gasteiger partial charge in [0.2, 0.25) is 0 Å². The highest BCUT2D eigenvalue weighted by Crippen LogP contribution is 2.33. The van der Waals surface area contributed by atoms with Crippen molar-refractivity contribution in [1.82, 2.24) is 5.32 Å². The van der Waals surface area contributed by atoms with Gasteiger partial charge in [-0.15, -0.1) is 0 Å². The minimum atomic E-state index is -2.91. The topological polar surface area (TPSA) is 58.6 Å². The predicted molar refractivity (Wildman–Crippen MR) is 64.4 cm³/mol. The Morgan fingerprint density at radius 3 is 2.89 bits per heavy atom. The van der Waals surface area contributed by atoms with E-state index in [0.717, 1.165) is 0 Å². The maximum atomic E-state index is 12.4. The zero-order valence-corrected chi connectivity index (χ0v) is 10.4. The molecule has 2 atom stereocenters. The lowest BCUT2D eigenvalue weighted by Gasteiger charge is -2.31. The van der Waals surface area contributed by atoms with E-state index in [-0.39, 0.29) is 11.8 Å². The average Bonchev–Trinajstić information content (AvgIpc) is 2.37. The minimum Gasteiger partial charge on any atom is -0.480 e. The normalized spacial score (nSPS) is 22.1. The fourth-order valence-electron chi connectivity index (χ4n) is 2.38. The molecule has 0 aromatic heterocycles. The van der Waals surface area contributed by atoms with Crippen LogP contribution in [-0.4, -0.2) is 23.7 Å². The zero-order chi connectivity index (χ0) is 14.0. The lowest BCUT2D eigenvalue weighted by molar-refractivity contribution is -0.140. The Bertz CT molecular complexity index is 479. The number of ether oxygens (including phenoxy) is 1. The van der Waals surface area contributed by atoms with Gasteiger partial charge in [0.05, 0.1) is 0 Å². The summed E-state index contributed by atoms with van der Waals surface area (Å²) in [5.74, 6) is -0.952. The van der Waals surface area contributed by atoms with Crippen molar-refractivity contribution < 1.29 is 23.4 Å². The minimum absolute atomic E-state index is 0.0592. The number of nitrogens with one attached hydrogen (secondary N) is 1. The van der Waals surface area contributed by atoms with Gasteiger partial charge >= 0.3 is 12.6 Å². The third-order valence-corrected chi connectivity index (χ3v) is 3.29. The van der Waals surface area contributed by atoms with Crippen molar-refractivity contribution in [3.8, 4) is 5.75 Å². The lowest BCUT2D eigenvalue weighted by Crippen LogP contribution is -2.42. The van der Waals surface area contributed by atoms with Crippen LogP contribution in [-0.2, 0) is 11.2 Å². The van der Waals surface area contributed by atoms with Gasteiger partial charge in [0, 0.05) is 11.6 Å². The maximum Gasteiger partial charge on any atom is 0.387 e. The van der Waals surface area contributed by atoms with Crippen LogP contribution in [0.15, 0.2) is 18.2 Å². The molecule has 6 heteroatoms. The quantitative estimate of drug-likeness (QED) is 0.882. The summed E-state index contributed by atoms with van der Waals surface area (Å²) in [5, 5.41) is 12.2. The van der Waals surface area contributed by atoms with Crippen LogP contribution in [0.1, 0.15) is 30.5 Å². The number of alkyl halides is 2. The SMILES string of the molecule is CCC1Cc2c(OC(F)F)cccc2C(C(=O)O)N1. The second-order valence-corrected chi connectivity index (χ2v) is 4.45. The van der Waals surface area contributed by atoms with Gasteiger partial charge in [0.25, 0.3) is 0 Å². The molecule has 0 spiro atoms. The van der Waals surface area contributed by atoms with Gasteiger partial charge in [-0.05, 0) is 24.5 Å². The molecule has 0 bridgehead atoms. The molecule has 0 fully saturated rings. The summed E-state index contributed by atoms with van der Waals surface area (Å²) in [6.07, 6.45) is 1.20. The van der Waals surface area contributed by atoms with E-state index >= 15 is 0 Å². The van der Waals surface area contributed by atoms with E-state index in [2.05, 4.69) is 10.1 Å². The van der Waals surface area contributed by atoms with Gasteiger partial charge in [-0.3, -0.25) is 10.1 Å². The van der Waals surface area contributed by atoms with Crippen LogP contribution in [0.5, 0.6) is 5.75 Å². The molecule has 0 radical (unpaired) electrons. The Balaban J connectivity index is 2.43. The lowest BCUT2D eigenvalue weighted by atomic mass is 9.88. The van der Waals surface area contributed by atoms with Gasteiger partial charge in [-0.25, -0.2) is 0 Å². The first kappa shape index (κ1) is 13.7. The number of aliphatic carboxylic acids is 1. The fraction of sp³-hybridized carbons (Fsp3) is 0.462. The van der Waals surface area contributed by atoms with Crippen molar-refractivity contribution in [3.63, 3.8) is 0 Å². The largest absolute Gasteiger partial charge is 0.480 e. The molecule has 0 aliphatic carbocycles. The Morgan fingerprint density at radius 2 is 2.32 bits per heavy atom. The van der Waals surface area contributed by atoms with Gasteiger partial charge in [0.1, 0.15) is 11.8 Å². The molecular weight excluding hydrogens is 256 g/mol. The average molecular weight is 271 g/mol. The maximum absolute atomic E-state index is 12.4. The summed E-state index contributed by atoms with van der Waals surface area (Å²) in [5.41, 5.74) is 1.05. The molecule has 2 N–H and O–H groups in total. The molecule has 2 unspecified atom stereocenters. The number of rotatable bonds is 4. The molecule has 4 nitrogen and oxygen atoms in total. The van der Waals surface area contributed by atoms with Gasteiger partial charge in [-0.2, -0.15) is 8.78 Å². The van der Waals surface area contributed by atoms with Crippen LogP contribution in [0.3, 0.4) is 0 Å². The summed E-state index contributed by atoms with van der Waals surface area (Å²) < 4.78 is 29.2. The zero-order valence-electron chi connectivity index (χ0n) is 10.4. The number of carboxylic acid groups (broad SMARTS) is 1. The van der Waals surface area contributed by atoms with Gasteiger partial charge in [0.15, 0.2) is 0 Å². The third kappa shape index (κ3) is 2.84. The molecule has 0 amide bonds. The molecule has 104 valence electrons. The number of hydrogen-bond acceptors (Lipinski definition) is 3. The Kier molecular flexibility index (Phi) is 3.99. The molecule has 19 heavy (non-hydrogen) atoms. The smallest absolute Gasteiger partial charge is 0.387 e. The van der Waals surface area contributed by atoms with Crippen LogP contribution >= 0.6 is 0 Å². The van der Waals surface area contributed by atoms with Crippen LogP contribution in [0, 0.1) is 0 Å². The van der Waals surface area contributed by atoms with E-state index in [0.29, 0.717) is 24.0 Å². The van der Waals surface area contributed by atoms with Crippen molar-refractivity contribution in [1.29, 1.82) is 0 Å². The molecule has 1 heterocycles. The van der Waals surface area contributed by atoms with Crippen molar-refractivity contribution in [3.05, 3.63) is 29.3 Å². The van der Waals surface area contributed by atoms with E-state index in [4.69, 9.17) is 0 Å². The summed E-state index contributed by atoms with van der Waals surface area (Å²) in [4.78, 5) is 11.3. The first-order chi connectivity index (χ1) is 9.02. The number of carboxylic acids is 1. The summed E-state index contributed by atoms with van der Waals surface area (Å²) in [7, 11) is 0. The number of benzene rings is 1. The molecular formula is C13H15F2NO3. The molecule has 0 saturated heterocycles. The van der Waals surface area contributed by atoms with E-state index in [9.17, 15) is 18.7 Å². The predicted octanol–water partition coefficient (Wildman–Crippen LogP) is 2.34. The van der Waals surface area contributed by atoms with E-state index in [1.54, 1.807) is 6.07 Å². The molecule has 1 aromatic carbocycles. The molecule has 1 aliphatic rings. The molecule has 0 saturated carbocycles. The molecule has 1 aromatic rings. The van der Waals surface area contributed by atoms with Crippen molar-refractivity contribution in [2.24, 2.45) is 0 Å². The molecule has 1 aliphatic heterocycles. The highest BCUT2D eigenvalue weighted by atomic mass is 19.3. The Labute approximate surface area is 109 Å². The molecule has 2 rings (SSSR count). The summed E-state index contributed by atoms with van der Waals surface area (Å²) in [6, 6.07) is 3.67. The van der Waals surface area contributed by atoms with Crippen LogP contribution in [0.25, 0.3) is 0 Å². The third-order valence-electron chi connectivity index (χ3n) is 3.29. The highest BCUT2D eigenvalue weighted by molar-refractivity contribution is 5.77. The van der Waals surface area contributed by atoms with Crippen molar-refractivity contribution in [2.75, 3.05) is 0 Å². The number of halogens is 2. The standard InChI is InChI=1S/C13H15F2NO3/c1-2-7-6-9-8(11(16-7)12(17)18)4-3-5-10(9)19-13(14)15/h3-5,7,11,13,16H,2,6H2,1H3,(H,17,18). The second-order valence-electron chi connectivity index (χ2n) is 4.45. The number of carbonyl (C=O) groups is 1. The summed E-state index contributed by atoms with van der Waals surface area (Å²) in [6.45, 7) is -0.997. The van der Waals surface area contributed by atoms with E-state index < -0.39 is 18.6 Å².